The number of hydrogen-bond acceptors (Lipinski definition) is 2. The lowest BCUT2D eigenvalue weighted by atomic mass is 10.1. The van der Waals surface area contributed by atoms with Crippen molar-refractivity contribution in [3.63, 3.8) is 0 Å². The van der Waals surface area contributed by atoms with E-state index in [2.05, 4.69) is 57.6 Å². The van der Waals surface area contributed by atoms with Crippen molar-refractivity contribution in [3.8, 4) is 16.9 Å². The molecule has 0 unspecified atom stereocenters. The van der Waals surface area contributed by atoms with Gasteiger partial charge in [-0.05, 0) is 52.2 Å². The Labute approximate surface area is 121 Å². The Morgan fingerprint density at radius 1 is 1.05 bits per heavy atom. The summed E-state index contributed by atoms with van der Waals surface area (Å²) in [5.74, 6) is 0.924. The molecular formula is C16H16BrNO. The highest BCUT2D eigenvalue weighted by Gasteiger charge is 2.17. The molecule has 3 heteroatoms. The molecule has 0 radical (unpaired) electrons. The molecule has 3 rings (SSSR count). The molecule has 2 aromatic rings. The lowest BCUT2D eigenvalue weighted by molar-refractivity contribution is 0.221. The number of rotatable bonds is 3. The second kappa shape index (κ2) is 5.76. The Hall–Kier alpha value is -1.32. The SMILES string of the molecule is Brc1cc(-c2ccccc2)ccc1O[C@H]1CCNC1. The molecule has 0 saturated carbocycles. The largest absolute Gasteiger partial charge is 0.488 e. The summed E-state index contributed by atoms with van der Waals surface area (Å²) in [5, 5.41) is 3.31. The van der Waals surface area contributed by atoms with Gasteiger partial charge in [-0.2, -0.15) is 0 Å². The molecular weight excluding hydrogens is 302 g/mol. The second-order valence-electron chi connectivity index (χ2n) is 4.74. The van der Waals surface area contributed by atoms with Gasteiger partial charge >= 0.3 is 0 Å². The molecule has 0 bridgehead atoms. The summed E-state index contributed by atoms with van der Waals surface area (Å²) in [6.45, 7) is 1.98. The first-order chi connectivity index (χ1) is 9.33. The Morgan fingerprint density at radius 3 is 2.58 bits per heavy atom. The summed E-state index contributed by atoms with van der Waals surface area (Å²) in [7, 11) is 0. The van der Waals surface area contributed by atoms with Gasteiger partial charge in [-0.3, -0.25) is 0 Å². The van der Waals surface area contributed by atoms with Gasteiger partial charge in [-0.25, -0.2) is 0 Å². The zero-order chi connectivity index (χ0) is 13.1. The molecule has 1 fully saturated rings. The standard InChI is InChI=1S/C16H16BrNO/c17-15-10-13(12-4-2-1-3-5-12)6-7-16(15)19-14-8-9-18-11-14/h1-7,10,14,18H,8-9,11H2/t14-/m0/s1. The summed E-state index contributed by atoms with van der Waals surface area (Å²) in [4.78, 5) is 0. The maximum absolute atomic E-state index is 5.99. The van der Waals surface area contributed by atoms with E-state index in [1.807, 2.05) is 12.1 Å². The smallest absolute Gasteiger partial charge is 0.134 e. The minimum absolute atomic E-state index is 0.291. The molecule has 1 N–H and O–H groups in total. The number of ether oxygens (including phenoxy) is 1. The van der Waals surface area contributed by atoms with Crippen molar-refractivity contribution in [1.82, 2.24) is 5.32 Å². The fourth-order valence-corrected chi connectivity index (χ4v) is 2.79. The van der Waals surface area contributed by atoms with Crippen molar-refractivity contribution >= 4 is 15.9 Å². The summed E-state index contributed by atoms with van der Waals surface area (Å²) >= 11 is 3.61. The zero-order valence-corrected chi connectivity index (χ0v) is 12.2. The third-order valence-corrected chi connectivity index (χ3v) is 3.97. The van der Waals surface area contributed by atoms with Crippen LogP contribution in [0.1, 0.15) is 6.42 Å². The van der Waals surface area contributed by atoms with E-state index in [1.165, 1.54) is 11.1 Å². The first kappa shape index (κ1) is 12.7. The van der Waals surface area contributed by atoms with Crippen LogP contribution in [0, 0.1) is 0 Å². The van der Waals surface area contributed by atoms with Gasteiger partial charge < -0.3 is 10.1 Å². The molecule has 1 atom stereocenters. The van der Waals surface area contributed by atoms with Crippen LogP contribution in [-0.2, 0) is 0 Å². The van der Waals surface area contributed by atoms with Crippen molar-refractivity contribution in [2.45, 2.75) is 12.5 Å². The van der Waals surface area contributed by atoms with Gasteiger partial charge in [-0.1, -0.05) is 36.4 Å². The predicted molar refractivity (Wildman–Crippen MR) is 81.5 cm³/mol. The summed E-state index contributed by atoms with van der Waals surface area (Å²) in [5.41, 5.74) is 2.42. The molecule has 0 amide bonds. The van der Waals surface area contributed by atoms with Gasteiger partial charge in [0.25, 0.3) is 0 Å². The molecule has 1 aliphatic heterocycles. The van der Waals surface area contributed by atoms with Gasteiger partial charge in [0.15, 0.2) is 0 Å². The van der Waals surface area contributed by atoms with Crippen LogP contribution in [0.4, 0.5) is 0 Å². The maximum Gasteiger partial charge on any atom is 0.134 e. The number of halogens is 1. The molecule has 98 valence electrons. The van der Waals surface area contributed by atoms with Crippen molar-refractivity contribution < 1.29 is 4.74 Å². The van der Waals surface area contributed by atoms with E-state index in [0.29, 0.717) is 6.10 Å². The van der Waals surface area contributed by atoms with E-state index in [1.54, 1.807) is 0 Å². The van der Waals surface area contributed by atoms with E-state index in [4.69, 9.17) is 4.74 Å². The van der Waals surface area contributed by atoms with Crippen LogP contribution < -0.4 is 10.1 Å². The highest BCUT2D eigenvalue weighted by atomic mass is 79.9. The average molecular weight is 318 g/mol. The number of hydrogen-bond donors (Lipinski definition) is 1. The monoisotopic (exact) mass is 317 g/mol. The van der Waals surface area contributed by atoms with Crippen molar-refractivity contribution in [2.75, 3.05) is 13.1 Å². The van der Waals surface area contributed by atoms with Crippen molar-refractivity contribution in [1.29, 1.82) is 0 Å². The summed E-state index contributed by atoms with van der Waals surface area (Å²) in [6.07, 6.45) is 1.37. The Balaban J connectivity index is 1.81. The number of nitrogens with one attached hydrogen (secondary N) is 1. The van der Waals surface area contributed by atoms with Crippen LogP contribution in [0.2, 0.25) is 0 Å². The average Bonchev–Trinajstić information content (AvgIpc) is 2.95. The Kier molecular flexibility index (Phi) is 3.85. The fraction of sp³-hybridized carbons (Fsp3) is 0.250. The molecule has 0 spiro atoms. The van der Waals surface area contributed by atoms with Crippen molar-refractivity contribution in [2.24, 2.45) is 0 Å². The molecule has 1 aliphatic rings. The van der Waals surface area contributed by atoms with Gasteiger partial charge in [0.05, 0.1) is 4.47 Å². The molecule has 1 saturated heterocycles. The van der Waals surface area contributed by atoms with Gasteiger partial charge in [0, 0.05) is 6.54 Å². The van der Waals surface area contributed by atoms with Crippen molar-refractivity contribution in [3.05, 3.63) is 53.0 Å². The predicted octanol–water partition coefficient (Wildman–Crippen LogP) is 3.86. The molecule has 0 aromatic heterocycles. The first-order valence-electron chi connectivity index (χ1n) is 6.55. The fourth-order valence-electron chi connectivity index (χ4n) is 2.31. The van der Waals surface area contributed by atoms with E-state index < -0.39 is 0 Å². The van der Waals surface area contributed by atoms with E-state index in [9.17, 15) is 0 Å². The molecule has 2 aromatic carbocycles. The zero-order valence-electron chi connectivity index (χ0n) is 10.6. The van der Waals surface area contributed by atoms with E-state index >= 15 is 0 Å². The topological polar surface area (TPSA) is 21.3 Å². The first-order valence-corrected chi connectivity index (χ1v) is 7.34. The van der Waals surface area contributed by atoms with Crippen LogP contribution >= 0.6 is 15.9 Å². The third kappa shape index (κ3) is 2.99. The summed E-state index contributed by atoms with van der Waals surface area (Å²) in [6, 6.07) is 16.6. The quantitative estimate of drug-likeness (QED) is 0.928. The lowest BCUT2D eigenvalue weighted by Gasteiger charge is -2.14. The lowest BCUT2D eigenvalue weighted by Crippen LogP contribution is -2.19. The van der Waals surface area contributed by atoms with Crippen LogP contribution in [0.5, 0.6) is 5.75 Å². The molecule has 0 aliphatic carbocycles. The van der Waals surface area contributed by atoms with Gasteiger partial charge in [0.2, 0.25) is 0 Å². The minimum Gasteiger partial charge on any atom is -0.488 e. The van der Waals surface area contributed by atoms with Gasteiger partial charge in [0.1, 0.15) is 11.9 Å². The molecule has 19 heavy (non-hydrogen) atoms. The summed E-state index contributed by atoms with van der Waals surface area (Å²) < 4.78 is 7.00. The minimum atomic E-state index is 0.291. The third-order valence-electron chi connectivity index (χ3n) is 3.35. The number of benzene rings is 2. The van der Waals surface area contributed by atoms with Crippen LogP contribution in [-0.4, -0.2) is 19.2 Å². The Morgan fingerprint density at radius 2 is 1.89 bits per heavy atom. The van der Waals surface area contributed by atoms with Crippen LogP contribution in [0.3, 0.4) is 0 Å². The molecule has 1 heterocycles. The highest BCUT2D eigenvalue weighted by Crippen LogP contribution is 2.31. The van der Waals surface area contributed by atoms with Gasteiger partial charge in [-0.15, -0.1) is 0 Å². The second-order valence-corrected chi connectivity index (χ2v) is 5.60. The Bertz CT molecular complexity index is 550. The molecule has 2 nitrogen and oxygen atoms in total. The van der Waals surface area contributed by atoms with Crippen LogP contribution in [0.25, 0.3) is 11.1 Å². The van der Waals surface area contributed by atoms with E-state index in [0.717, 1.165) is 29.7 Å². The van der Waals surface area contributed by atoms with Crippen LogP contribution in [0.15, 0.2) is 53.0 Å². The normalized spacial score (nSPS) is 18.5. The maximum atomic E-state index is 5.99. The highest BCUT2D eigenvalue weighted by molar-refractivity contribution is 9.10. The van der Waals surface area contributed by atoms with E-state index in [-0.39, 0.29) is 0 Å².